The number of hydrogen-bond donors (Lipinski definition) is 2. The zero-order valence-corrected chi connectivity index (χ0v) is 14.0. The van der Waals surface area contributed by atoms with Gasteiger partial charge in [0.25, 0.3) is 0 Å². The Morgan fingerprint density at radius 3 is 2.64 bits per heavy atom. The van der Waals surface area contributed by atoms with Gasteiger partial charge in [0.15, 0.2) is 0 Å². The molecule has 120 valence electrons. The first kappa shape index (κ1) is 18.1. The van der Waals surface area contributed by atoms with Gasteiger partial charge < -0.3 is 15.4 Å². The number of carbonyl (C=O) groups excluding carboxylic acids is 2. The second kappa shape index (κ2) is 9.11. The van der Waals surface area contributed by atoms with E-state index in [-0.39, 0.29) is 5.91 Å². The summed E-state index contributed by atoms with van der Waals surface area (Å²) in [5.74, 6) is 5.88. The van der Waals surface area contributed by atoms with Gasteiger partial charge >= 0.3 is 6.09 Å². The Morgan fingerprint density at radius 2 is 2.00 bits per heavy atom. The molecule has 2 N–H and O–H groups in total. The fourth-order valence-corrected chi connectivity index (χ4v) is 2.04. The SMILES string of the molecule is CC(C)(C)OC(=O)NCCNC(=O)CCC#Cc1cccs1. The van der Waals surface area contributed by atoms with E-state index in [1.165, 1.54) is 0 Å². The maximum absolute atomic E-state index is 11.6. The summed E-state index contributed by atoms with van der Waals surface area (Å²) in [6.45, 7) is 6.10. The largest absolute Gasteiger partial charge is 0.444 e. The normalized spacial score (nSPS) is 10.3. The van der Waals surface area contributed by atoms with Crippen molar-refractivity contribution >= 4 is 23.3 Å². The van der Waals surface area contributed by atoms with E-state index >= 15 is 0 Å². The number of hydrogen-bond acceptors (Lipinski definition) is 4. The Morgan fingerprint density at radius 1 is 1.27 bits per heavy atom. The minimum atomic E-state index is -0.519. The third-order valence-electron chi connectivity index (χ3n) is 2.33. The molecule has 0 bridgehead atoms. The molecule has 5 nitrogen and oxygen atoms in total. The van der Waals surface area contributed by atoms with E-state index in [1.54, 1.807) is 32.1 Å². The average molecular weight is 322 g/mol. The van der Waals surface area contributed by atoms with Crippen molar-refractivity contribution in [3.63, 3.8) is 0 Å². The Kier molecular flexibility index (Phi) is 7.47. The molecule has 0 aromatic carbocycles. The molecule has 0 unspecified atom stereocenters. The number of nitrogens with one attached hydrogen (secondary N) is 2. The van der Waals surface area contributed by atoms with Crippen LogP contribution in [0, 0.1) is 11.8 Å². The molecular formula is C16H22N2O3S. The third kappa shape index (κ3) is 9.03. The van der Waals surface area contributed by atoms with Crippen LogP contribution >= 0.6 is 11.3 Å². The van der Waals surface area contributed by atoms with E-state index in [0.29, 0.717) is 25.9 Å². The first-order chi connectivity index (χ1) is 10.4. The highest BCUT2D eigenvalue weighted by atomic mass is 32.1. The van der Waals surface area contributed by atoms with Crippen molar-refractivity contribution in [2.75, 3.05) is 13.1 Å². The lowest BCUT2D eigenvalue weighted by Crippen LogP contribution is -2.37. The van der Waals surface area contributed by atoms with Crippen molar-refractivity contribution in [2.45, 2.75) is 39.2 Å². The van der Waals surface area contributed by atoms with Gasteiger partial charge in [-0.15, -0.1) is 11.3 Å². The molecule has 22 heavy (non-hydrogen) atoms. The van der Waals surface area contributed by atoms with Crippen LogP contribution in [0.1, 0.15) is 38.5 Å². The summed E-state index contributed by atoms with van der Waals surface area (Å²) < 4.78 is 5.08. The lowest BCUT2D eigenvalue weighted by molar-refractivity contribution is -0.120. The second-order valence-electron chi connectivity index (χ2n) is 5.56. The van der Waals surface area contributed by atoms with Crippen LogP contribution in [0.5, 0.6) is 0 Å². The number of carbonyl (C=O) groups is 2. The summed E-state index contributed by atoms with van der Waals surface area (Å²) in [5.41, 5.74) is -0.519. The number of thiophene rings is 1. The maximum Gasteiger partial charge on any atom is 0.407 e. The molecule has 6 heteroatoms. The van der Waals surface area contributed by atoms with Crippen LogP contribution < -0.4 is 10.6 Å². The van der Waals surface area contributed by atoms with Crippen LogP contribution in [0.3, 0.4) is 0 Å². The van der Waals surface area contributed by atoms with Crippen molar-refractivity contribution in [3.05, 3.63) is 22.4 Å². The van der Waals surface area contributed by atoms with E-state index < -0.39 is 11.7 Å². The molecule has 0 aliphatic rings. The predicted octanol–water partition coefficient (Wildman–Crippen LogP) is 2.52. The number of ether oxygens (including phenoxy) is 1. The number of rotatable bonds is 5. The first-order valence-electron chi connectivity index (χ1n) is 7.13. The van der Waals surface area contributed by atoms with Crippen LogP contribution in [-0.4, -0.2) is 30.7 Å². The molecule has 1 heterocycles. The molecule has 1 rings (SSSR count). The van der Waals surface area contributed by atoms with Gasteiger partial charge in [-0.05, 0) is 32.2 Å². The van der Waals surface area contributed by atoms with Crippen LogP contribution in [0.15, 0.2) is 17.5 Å². The predicted molar refractivity (Wildman–Crippen MR) is 87.7 cm³/mol. The molecule has 0 aliphatic carbocycles. The molecule has 2 amide bonds. The standard InChI is InChI=1S/C16H22N2O3S/c1-16(2,3)21-15(20)18-11-10-17-14(19)9-5-4-7-13-8-6-12-22-13/h6,8,12H,5,9-11H2,1-3H3,(H,17,19)(H,18,20). The Labute approximate surface area is 135 Å². The topological polar surface area (TPSA) is 67.4 Å². The van der Waals surface area contributed by atoms with Crippen molar-refractivity contribution in [1.82, 2.24) is 10.6 Å². The summed E-state index contributed by atoms with van der Waals surface area (Å²) in [5, 5.41) is 7.26. The quantitative estimate of drug-likeness (QED) is 0.646. The summed E-state index contributed by atoms with van der Waals surface area (Å²) in [6.07, 6.45) is 0.386. The second-order valence-corrected chi connectivity index (χ2v) is 6.51. The van der Waals surface area contributed by atoms with Crippen LogP contribution in [0.4, 0.5) is 4.79 Å². The van der Waals surface area contributed by atoms with Gasteiger partial charge in [0.05, 0.1) is 4.88 Å². The average Bonchev–Trinajstić information content (AvgIpc) is 2.91. The van der Waals surface area contributed by atoms with E-state index in [2.05, 4.69) is 22.5 Å². The number of amides is 2. The Bertz CT molecular complexity index is 536. The van der Waals surface area contributed by atoms with Crippen LogP contribution in [0.25, 0.3) is 0 Å². The molecule has 0 atom stereocenters. The zero-order valence-electron chi connectivity index (χ0n) is 13.2. The minimum absolute atomic E-state index is 0.0773. The molecule has 0 saturated heterocycles. The van der Waals surface area contributed by atoms with Crippen molar-refractivity contribution < 1.29 is 14.3 Å². The van der Waals surface area contributed by atoms with Crippen LogP contribution in [0.2, 0.25) is 0 Å². The van der Waals surface area contributed by atoms with Gasteiger partial charge in [-0.25, -0.2) is 4.79 Å². The van der Waals surface area contributed by atoms with Gasteiger partial charge in [0.2, 0.25) is 5.91 Å². The van der Waals surface area contributed by atoms with E-state index in [9.17, 15) is 9.59 Å². The van der Waals surface area contributed by atoms with Gasteiger partial charge in [0, 0.05) is 25.9 Å². The zero-order chi connectivity index (χ0) is 16.4. The Hall–Kier alpha value is -2.00. The highest BCUT2D eigenvalue weighted by Gasteiger charge is 2.15. The molecule has 0 aliphatic heterocycles. The van der Waals surface area contributed by atoms with Crippen molar-refractivity contribution in [2.24, 2.45) is 0 Å². The third-order valence-corrected chi connectivity index (χ3v) is 3.11. The van der Waals surface area contributed by atoms with E-state index in [1.807, 2.05) is 17.5 Å². The summed E-state index contributed by atoms with van der Waals surface area (Å²) in [6, 6.07) is 3.89. The van der Waals surface area contributed by atoms with Gasteiger partial charge in [-0.3, -0.25) is 4.79 Å². The molecule has 0 saturated carbocycles. The van der Waals surface area contributed by atoms with Crippen LogP contribution in [-0.2, 0) is 9.53 Å². The van der Waals surface area contributed by atoms with E-state index in [0.717, 1.165) is 4.88 Å². The monoisotopic (exact) mass is 322 g/mol. The Balaban J connectivity index is 2.07. The molecule has 0 fully saturated rings. The summed E-state index contributed by atoms with van der Waals surface area (Å²) in [7, 11) is 0. The van der Waals surface area contributed by atoms with Gasteiger partial charge in [-0.2, -0.15) is 0 Å². The molecule has 1 aromatic rings. The first-order valence-corrected chi connectivity index (χ1v) is 8.01. The fraction of sp³-hybridized carbons (Fsp3) is 0.500. The van der Waals surface area contributed by atoms with Crippen molar-refractivity contribution in [3.8, 4) is 11.8 Å². The fourth-order valence-electron chi connectivity index (χ4n) is 1.44. The summed E-state index contributed by atoms with van der Waals surface area (Å²) >= 11 is 1.58. The minimum Gasteiger partial charge on any atom is -0.444 e. The highest BCUT2D eigenvalue weighted by Crippen LogP contribution is 2.06. The summed E-state index contributed by atoms with van der Waals surface area (Å²) in [4.78, 5) is 23.9. The lowest BCUT2D eigenvalue weighted by Gasteiger charge is -2.19. The molecule has 1 aromatic heterocycles. The molecule has 0 spiro atoms. The smallest absolute Gasteiger partial charge is 0.407 e. The maximum atomic E-state index is 11.6. The van der Waals surface area contributed by atoms with Crippen molar-refractivity contribution in [1.29, 1.82) is 0 Å². The van der Waals surface area contributed by atoms with Gasteiger partial charge in [-0.1, -0.05) is 17.9 Å². The lowest BCUT2D eigenvalue weighted by atomic mass is 10.2. The number of alkyl carbamates (subject to hydrolysis) is 1. The highest BCUT2D eigenvalue weighted by molar-refractivity contribution is 7.10. The molecular weight excluding hydrogens is 300 g/mol. The van der Waals surface area contributed by atoms with E-state index in [4.69, 9.17) is 4.74 Å². The van der Waals surface area contributed by atoms with Gasteiger partial charge in [0.1, 0.15) is 5.60 Å². The molecule has 0 radical (unpaired) electrons.